The van der Waals surface area contributed by atoms with Gasteiger partial charge in [0.05, 0.1) is 0 Å². The SMILES string of the molecule is C=C/C(C)=C(/CN(C)CCCC)C(=C)C. The lowest BCUT2D eigenvalue weighted by molar-refractivity contribution is 0.355. The van der Waals surface area contributed by atoms with Crippen LogP contribution < -0.4 is 0 Å². The maximum Gasteiger partial charge on any atom is 0.0235 e. The first-order chi connectivity index (χ1) is 7.02. The number of likely N-dealkylation sites (N-methyl/N-ethyl adjacent to an activating group) is 1. The topological polar surface area (TPSA) is 3.24 Å². The Morgan fingerprint density at radius 1 is 1.33 bits per heavy atom. The summed E-state index contributed by atoms with van der Waals surface area (Å²) in [5, 5.41) is 0. The molecule has 0 aliphatic carbocycles. The van der Waals surface area contributed by atoms with E-state index in [1.807, 2.05) is 6.08 Å². The number of hydrogen-bond donors (Lipinski definition) is 0. The van der Waals surface area contributed by atoms with Crippen LogP contribution in [0.4, 0.5) is 0 Å². The summed E-state index contributed by atoms with van der Waals surface area (Å²) in [4.78, 5) is 2.35. The Morgan fingerprint density at radius 3 is 2.33 bits per heavy atom. The summed E-state index contributed by atoms with van der Waals surface area (Å²) >= 11 is 0. The molecule has 0 spiro atoms. The molecule has 0 saturated carbocycles. The highest BCUT2D eigenvalue weighted by molar-refractivity contribution is 5.36. The molecule has 0 radical (unpaired) electrons. The van der Waals surface area contributed by atoms with Crippen LogP contribution in [0.1, 0.15) is 33.6 Å². The molecule has 15 heavy (non-hydrogen) atoms. The van der Waals surface area contributed by atoms with Gasteiger partial charge in [-0.1, -0.05) is 38.2 Å². The predicted octanol–water partition coefficient (Wildman–Crippen LogP) is 3.80. The van der Waals surface area contributed by atoms with Gasteiger partial charge in [-0.2, -0.15) is 0 Å². The minimum Gasteiger partial charge on any atom is -0.302 e. The normalized spacial score (nSPS) is 12.6. The standard InChI is InChI=1S/C14H25N/c1-7-9-10-15(6)11-14(12(3)4)13(5)8-2/h8H,2-3,7,9-11H2,1,4-6H3/b14-13-. The maximum absolute atomic E-state index is 4.03. The van der Waals surface area contributed by atoms with Crippen LogP contribution in [-0.2, 0) is 0 Å². The molecule has 0 amide bonds. The van der Waals surface area contributed by atoms with E-state index in [2.05, 4.69) is 45.9 Å². The van der Waals surface area contributed by atoms with E-state index < -0.39 is 0 Å². The molecular weight excluding hydrogens is 182 g/mol. The van der Waals surface area contributed by atoms with E-state index in [1.165, 1.54) is 24.0 Å². The summed E-state index contributed by atoms with van der Waals surface area (Å²) in [7, 11) is 2.16. The zero-order valence-corrected chi connectivity index (χ0v) is 10.8. The Hall–Kier alpha value is -0.820. The molecule has 0 bridgehead atoms. The van der Waals surface area contributed by atoms with Crippen molar-refractivity contribution in [2.45, 2.75) is 33.6 Å². The molecule has 0 heterocycles. The van der Waals surface area contributed by atoms with Crippen molar-refractivity contribution in [1.29, 1.82) is 0 Å². The van der Waals surface area contributed by atoms with Crippen molar-refractivity contribution in [3.8, 4) is 0 Å². The van der Waals surface area contributed by atoms with Crippen molar-refractivity contribution in [3.05, 3.63) is 36.0 Å². The minimum atomic E-state index is 0.979. The van der Waals surface area contributed by atoms with Crippen molar-refractivity contribution < 1.29 is 0 Å². The number of allylic oxidation sites excluding steroid dienone is 2. The van der Waals surface area contributed by atoms with E-state index in [1.54, 1.807) is 0 Å². The van der Waals surface area contributed by atoms with Gasteiger partial charge in [0, 0.05) is 6.54 Å². The molecule has 0 aromatic rings. The molecule has 0 aliphatic heterocycles. The lowest BCUT2D eigenvalue weighted by atomic mass is 10.0. The van der Waals surface area contributed by atoms with Gasteiger partial charge in [-0.05, 0) is 45.0 Å². The first-order valence-electron chi connectivity index (χ1n) is 5.69. The highest BCUT2D eigenvalue weighted by atomic mass is 15.1. The van der Waals surface area contributed by atoms with Gasteiger partial charge in [0.15, 0.2) is 0 Å². The van der Waals surface area contributed by atoms with Crippen molar-refractivity contribution in [2.24, 2.45) is 0 Å². The second kappa shape index (κ2) is 7.47. The molecule has 0 saturated heterocycles. The Bertz CT molecular complexity index is 248. The molecule has 0 aliphatic rings. The van der Waals surface area contributed by atoms with Crippen LogP contribution in [0.2, 0.25) is 0 Å². The van der Waals surface area contributed by atoms with E-state index in [-0.39, 0.29) is 0 Å². The zero-order valence-electron chi connectivity index (χ0n) is 10.8. The smallest absolute Gasteiger partial charge is 0.0235 e. The van der Waals surface area contributed by atoms with E-state index in [0.717, 1.165) is 18.7 Å². The van der Waals surface area contributed by atoms with Crippen LogP contribution >= 0.6 is 0 Å². The van der Waals surface area contributed by atoms with E-state index in [0.29, 0.717) is 0 Å². The fourth-order valence-corrected chi connectivity index (χ4v) is 1.50. The first-order valence-corrected chi connectivity index (χ1v) is 5.69. The number of rotatable bonds is 7. The van der Waals surface area contributed by atoms with Gasteiger partial charge in [-0.3, -0.25) is 0 Å². The Kier molecular flexibility index (Phi) is 7.06. The summed E-state index contributed by atoms with van der Waals surface area (Å²) in [6.45, 7) is 16.4. The van der Waals surface area contributed by atoms with Crippen molar-refractivity contribution in [3.63, 3.8) is 0 Å². The van der Waals surface area contributed by atoms with Gasteiger partial charge in [-0.25, -0.2) is 0 Å². The Morgan fingerprint density at radius 2 is 1.93 bits per heavy atom. The quantitative estimate of drug-likeness (QED) is 0.574. The van der Waals surface area contributed by atoms with Crippen LogP contribution in [0.25, 0.3) is 0 Å². The number of hydrogen-bond acceptors (Lipinski definition) is 1. The maximum atomic E-state index is 4.03. The van der Waals surface area contributed by atoms with Gasteiger partial charge in [0.2, 0.25) is 0 Å². The molecule has 1 nitrogen and oxygen atoms in total. The van der Waals surface area contributed by atoms with Gasteiger partial charge in [-0.15, -0.1) is 0 Å². The summed E-state index contributed by atoms with van der Waals surface area (Å²) in [5.74, 6) is 0. The first kappa shape index (κ1) is 14.2. The summed E-state index contributed by atoms with van der Waals surface area (Å²) in [6, 6.07) is 0. The lowest BCUT2D eigenvalue weighted by Crippen LogP contribution is -2.23. The second-order valence-corrected chi connectivity index (χ2v) is 4.24. The third kappa shape index (κ3) is 5.58. The summed E-state index contributed by atoms with van der Waals surface area (Å²) in [6.07, 6.45) is 4.42. The van der Waals surface area contributed by atoms with Crippen LogP contribution in [0.3, 0.4) is 0 Å². The highest BCUT2D eigenvalue weighted by Gasteiger charge is 2.05. The second-order valence-electron chi connectivity index (χ2n) is 4.24. The number of unbranched alkanes of at least 4 members (excludes halogenated alkanes) is 1. The third-order valence-electron chi connectivity index (χ3n) is 2.62. The van der Waals surface area contributed by atoms with Crippen molar-refractivity contribution in [2.75, 3.05) is 20.1 Å². The van der Waals surface area contributed by atoms with Crippen molar-refractivity contribution in [1.82, 2.24) is 4.90 Å². The summed E-state index contributed by atoms with van der Waals surface area (Å²) in [5.41, 5.74) is 3.71. The predicted molar refractivity (Wildman–Crippen MR) is 70.1 cm³/mol. The average Bonchev–Trinajstić information content (AvgIpc) is 2.21. The lowest BCUT2D eigenvalue weighted by Gasteiger charge is -2.20. The monoisotopic (exact) mass is 207 g/mol. The van der Waals surface area contributed by atoms with Crippen LogP contribution in [0.15, 0.2) is 36.0 Å². The van der Waals surface area contributed by atoms with Gasteiger partial charge < -0.3 is 4.90 Å². The van der Waals surface area contributed by atoms with Gasteiger partial charge >= 0.3 is 0 Å². The molecule has 0 N–H and O–H groups in total. The minimum absolute atomic E-state index is 0.979. The average molecular weight is 207 g/mol. The van der Waals surface area contributed by atoms with E-state index in [9.17, 15) is 0 Å². The van der Waals surface area contributed by atoms with Crippen molar-refractivity contribution >= 4 is 0 Å². The molecule has 1 heteroatoms. The number of nitrogens with zero attached hydrogens (tertiary/aromatic N) is 1. The molecule has 0 aromatic carbocycles. The molecular formula is C14H25N. The molecule has 0 rings (SSSR count). The largest absolute Gasteiger partial charge is 0.302 e. The van der Waals surface area contributed by atoms with Crippen LogP contribution in [0.5, 0.6) is 0 Å². The van der Waals surface area contributed by atoms with Crippen LogP contribution in [-0.4, -0.2) is 25.0 Å². The fourth-order valence-electron chi connectivity index (χ4n) is 1.50. The Balaban J connectivity index is 4.43. The van der Waals surface area contributed by atoms with Gasteiger partial charge in [0.1, 0.15) is 0 Å². The molecule has 0 aromatic heterocycles. The third-order valence-corrected chi connectivity index (χ3v) is 2.62. The molecule has 0 atom stereocenters. The zero-order chi connectivity index (χ0) is 11.8. The van der Waals surface area contributed by atoms with Crippen LogP contribution in [0, 0.1) is 0 Å². The van der Waals surface area contributed by atoms with E-state index in [4.69, 9.17) is 0 Å². The fraction of sp³-hybridized carbons (Fsp3) is 0.571. The highest BCUT2D eigenvalue weighted by Crippen LogP contribution is 2.15. The molecule has 0 unspecified atom stereocenters. The molecule has 86 valence electrons. The molecule has 0 fully saturated rings. The Labute approximate surface area is 95.2 Å². The summed E-state index contributed by atoms with van der Waals surface area (Å²) < 4.78 is 0. The van der Waals surface area contributed by atoms with Gasteiger partial charge in [0.25, 0.3) is 0 Å². The van der Waals surface area contributed by atoms with E-state index >= 15 is 0 Å².